The minimum atomic E-state index is -0.0601. The van der Waals surface area contributed by atoms with Crippen LogP contribution in [-0.4, -0.2) is 18.0 Å². The molecule has 5 rings (SSSR count). The molecule has 0 unspecified atom stereocenters. The summed E-state index contributed by atoms with van der Waals surface area (Å²) in [4.78, 5) is 18.3. The third-order valence-electron chi connectivity index (χ3n) is 6.02. The average molecular weight is 409 g/mol. The monoisotopic (exact) mass is 408 g/mol. The lowest BCUT2D eigenvalue weighted by molar-refractivity contribution is 0.0934. The Labute approximate surface area is 181 Å². The standard InChI is InChI=1S/C27H24N2O2/c1-31-20-15-13-19(14-16-20)26-17-23(22-10-4-5-11-25(22)28-26)27(30)29-24-12-6-8-18-7-2-3-9-21(18)24/h2-5,7,9-11,13-17,24H,6,8,12H2,1H3,(H,29,30)/t24-/m0/s1. The fraction of sp³-hybridized carbons (Fsp3) is 0.185. The van der Waals surface area contributed by atoms with Crippen molar-refractivity contribution in [2.24, 2.45) is 0 Å². The van der Waals surface area contributed by atoms with E-state index in [0.29, 0.717) is 5.56 Å². The Bertz CT molecular complexity index is 1250. The fourth-order valence-corrected chi connectivity index (χ4v) is 4.41. The van der Waals surface area contributed by atoms with Crippen molar-refractivity contribution in [1.82, 2.24) is 10.3 Å². The predicted molar refractivity (Wildman–Crippen MR) is 123 cm³/mol. The largest absolute Gasteiger partial charge is 0.497 e. The minimum Gasteiger partial charge on any atom is -0.497 e. The van der Waals surface area contributed by atoms with Gasteiger partial charge in [0.05, 0.1) is 29.9 Å². The first-order valence-electron chi connectivity index (χ1n) is 10.7. The second-order valence-electron chi connectivity index (χ2n) is 7.92. The molecular weight excluding hydrogens is 384 g/mol. The molecule has 4 nitrogen and oxygen atoms in total. The first kappa shape index (κ1) is 19.3. The number of rotatable bonds is 4. The summed E-state index contributed by atoms with van der Waals surface area (Å²) in [5.74, 6) is 0.730. The number of nitrogens with one attached hydrogen (secondary N) is 1. The summed E-state index contributed by atoms with van der Waals surface area (Å²) in [6, 6.07) is 25.9. The number of aromatic nitrogens is 1. The van der Waals surface area contributed by atoms with Crippen LogP contribution in [0.3, 0.4) is 0 Å². The highest BCUT2D eigenvalue weighted by atomic mass is 16.5. The van der Waals surface area contributed by atoms with E-state index in [1.54, 1.807) is 7.11 Å². The highest BCUT2D eigenvalue weighted by Crippen LogP contribution is 2.31. The third-order valence-corrected chi connectivity index (χ3v) is 6.02. The molecule has 3 aromatic carbocycles. The number of fused-ring (bicyclic) bond motifs is 2. The molecule has 0 saturated carbocycles. The lowest BCUT2D eigenvalue weighted by atomic mass is 9.87. The van der Waals surface area contributed by atoms with E-state index in [0.717, 1.165) is 47.2 Å². The van der Waals surface area contributed by atoms with Crippen molar-refractivity contribution >= 4 is 16.8 Å². The summed E-state index contributed by atoms with van der Waals surface area (Å²) in [5.41, 5.74) is 5.75. The number of hydrogen-bond acceptors (Lipinski definition) is 3. The molecule has 0 radical (unpaired) electrons. The van der Waals surface area contributed by atoms with Gasteiger partial charge in [0.2, 0.25) is 0 Å². The SMILES string of the molecule is COc1ccc(-c2cc(C(=O)N[C@H]3CCCc4ccccc43)c3ccccc3n2)cc1. The summed E-state index contributed by atoms with van der Waals surface area (Å²) in [6.07, 6.45) is 3.11. The maximum absolute atomic E-state index is 13.5. The van der Waals surface area contributed by atoms with Crippen molar-refractivity contribution in [3.8, 4) is 17.0 Å². The number of hydrogen-bond donors (Lipinski definition) is 1. The Morgan fingerprint density at radius 3 is 2.61 bits per heavy atom. The number of ether oxygens (including phenoxy) is 1. The first-order valence-corrected chi connectivity index (χ1v) is 10.7. The van der Waals surface area contributed by atoms with Crippen LogP contribution in [0.15, 0.2) is 78.9 Å². The van der Waals surface area contributed by atoms with Gasteiger partial charge >= 0.3 is 0 Å². The number of benzene rings is 3. The number of carbonyl (C=O) groups excluding carboxylic acids is 1. The number of amides is 1. The molecule has 0 bridgehead atoms. The molecule has 0 fully saturated rings. The second kappa shape index (κ2) is 8.23. The Kier molecular flexibility index (Phi) is 5.13. The van der Waals surface area contributed by atoms with Crippen molar-refractivity contribution in [3.63, 3.8) is 0 Å². The van der Waals surface area contributed by atoms with E-state index in [1.807, 2.05) is 60.7 Å². The van der Waals surface area contributed by atoms with Gasteiger partial charge in [-0.3, -0.25) is 4.79 Å². The molecule has 0 spiro atoms. The van der Waals surface area contributed by atoms with Gasteiger partial charge < -0.3 is 10.1 Å². The topological polar surface area (TPSA) is 51.2 Å². The molecule has 1 amide bonds. The Morgan fingerprint density at radius 2 is 1.77 bits per heavy atom. The van der Waals surface area contributed by atoms with Gasteiger partial charge in [-0.05, 0) is 66.8 Å². The van der Waals surface area contributed by atoms with Crippen LogP contribution in [0.25, 0.3) is 22.2 Å². The molecule has 1 atom stereocenters. The summed E-state index contributed by atoms with van der Waals surface area (Å²) < 4.78 is 5.27. The molecule has 0 saturated heterocycles. The van der Waals surface area contributed by atoms with Crippen LogP contribution in [0.4, 0.5) is 0 Å². The Morgan fingerprint density at radius 1 is 1.00 bits per heavy atom. The van der Waals surface area contributed by atoms with Crippen molar-refractivity contribution in [3.05, 3.63) is 95.6 Å². The smallest absolute Gasteiger partial charge is 0.252 e. The normalized spacial score (nSPS) is 15.3. The molecule has 4 heteroatoms. The second-order valence-corrected chi connectivity index (χ2v) is 7.92. The summed E-state index contributed by atoms with van der Waals surface area (Å²) in [5, 5.41) is 4.16. The zero-order chi connectivity index (χ0) is 21.2. The van der Waals surface area contributed by atoms with Gasteiger partial charge in [0, 0.05) is 10.9 Å². The van der Waals surface area contributed by atoms with Gasteiger partial charge in [0.15, 0.2) is 0 Å². The van der Waals surface area contributed by atoms with Crippen molar-refractivity contribution in [2.45, 2.75) is 25.3 Å². The highest BCUT2D eigenvalue weighted by molar-refractivity contribution is 6.07. The van der Waals surface area contributed by atoms with Crippen LogP contribution in [0.5, 0.6) is 5.75 Å². The van der Waals surface area contributed by atoms with Gasteiger partial charge in [0.1, 0.15) is 5.75 Å². The average Bonchev–Trinajstić information content (AvgIpc) is 2.83. The van der Waals surface area contributed by atoms with E-state index in [9.17, 15) is 4.79 Å². The summed E-state index contributed by atoms with van der Waals surface area (Å²) in [6.45, 7) is 0. The molecule has 1 heterocycles. The summed E-state index contributed by atoms with van der Waals surface area (Å²) >= 11 is 0. The molecule has 31 heavy (non-hydrogen) atoms. The molecule has 154 valence electrons. The fourth-order valence-electron chi connectivity index (χ4n) is 4.41. The predicted octanol–water partition coefficient (Wildman–Crippen LogP) is 5.72. The molecule has 1 aromatic heterocycles. The number of aryl methyl sites for hydroxylation is 1. The van der Waals surface area contributed by atoms with E-state index < -0.39 is 0 Å². The maximum Gasteiger partial charge on any atom is 0.252 e. The number of carbonyl (C=O) groups is 1. The highest BCUT2D eigenvalue weighted by Gasteiger charge is 2.23. The van der Waals surface area contributed by atoms with Crippen molar-refractivity contribution < 1.29 is 9.53 Å². The minimum absolute atomic E-state index is 0.0359. The zero-order valence-corrected chi connectivity index (χ0v) is 17.5. The summed E-state index contributed by atoms with van der Waals surface area (Å²) in [7, 11) is 1.65. The maximum atomic E-state index is 13.5. The molecule has 0 aliphatic heterocycles. The van der Waals surface area contributed by atoms with Gasteiger partial charge in [-0.25, -0.2) is 4.98 Å². The van der Waals surface area contributed by atoms with E-state index in [1.165, 1.54) is 11.1 Å². The Hall–Kier alpha value is -3.66. The van der Waals surface area contributed by atoms with Crippen LogP contribution >= 0.6 is 0 Å². The molecule has 4 aromatic rings. The first-order chi connectivity index (χ1) is 15.2. The number of methoxy groups -OCH3 is 1. The lowest BCUT2D eigenvalue weighted by Crippen LogP contribution is -2.31. The van der Waals surface area contributed by atoms with Crippen molar-refractivity contribution in [2.75, 3.05) is 7.11 Å². The van der Waals surface area contributed by atoms with Crippen LogP contribution in [0, 0.1) is 0 Å². The van der Waals surface area contributed by atoms with Gasteiger partial charge in [-0.15, -0.1) is 0 Å². The van der Waals surface area contributed by atoms with Crippen LogP contribution < -0.4 is 10.1 Å². The Balaban J connectivity index is 1.53. The molecule has 1 aliphatic rings. The molecular formula is C27H24N2O2. The van der Waals surface area contributed by atoms with Gasteiger partial charge in [-0.2, -0.15) is 0 Å². The zero-order valence-electron chi connectivity index (χ0n) is 17.5. The third kappa shape index (κ3) is 3.77. The van der Waals surface area contributed by atoms with Crippen LogP contribution in [-0.2, 0) is 6.42 Å². The number of nitrogens with zero attached hydrogens (tertiary/aromatic N) is 1. The number of pyridine rings is 1. The van der Waals surface area contributed by atoms with Crippen LogP contribution in [0.2, 0.25) is 0 Å². The van der Waals surface area contributed by atoms with E-state index in [2.05, 4.69) is 23.5 Å². The van der Waals surface area contributed by atoms with Gasteiger partial charge in [-0.1, -0.05) is 42.5 Å². The lowest BCUT2D eigenvalue weighted by Gasteiger charge is -2.26. The van der Waals surface area contributed by atoms with E-state index >= 15 is 0 Å². The molecule has 1 aliphatic carbocycles. The van der Waals surface area contributed by atoms with Gasteiger partial charge in [0.25, 0.3) is 5.91 Å². The number of para-hydroxylation sites is 1. The quantitative estimate of drug-likeness (QED) is 0.470. The molecule has 1 N–H and O–H groups in total. The van der Waals surface area contributed by atoms with Crippen molar-refractivity contribution in [1.29, 1.82) is 0 Å². The van der Waals surface area contributed by atoms with Crippen LogP contribution in [0.1, 0.15) is 40.4 Å². The van der Waals surface area contributed by atoms with E-state index in [-0.39, 0.29) is 11.9 Å². The van der Waals surface area contributed by atoms with E-state index in [4.69, 9.17) is 9.72 Å².